The first-order valence-corrected chi connectivity index (χ1v) is 8.31. The third kappa shape index (κ3) is 3.13. The zero-order valence-electron chi connectivity index (χ0n) is 11.8. The number of benzene rings is 1. The van der Waals surface area contributed by atoms with Gasteiger partial charge in [0.15, 0.2) is 0 Å². The molecule has 20 heavy (non-hydrogen) atoms. The molecule has 0 bridgehead atoms. The monoisotopic (exact) mass is 295 g/mol. The maximum atomic E-state index is 12.4. The van der Waals surface area contributed by atoms with Crippen molar-refractivity contribution in [1.29, 1.82) is 0 Å². The standard InChI is InChI=1S/C14H21N3O2S/c1-3-4-5-10(2)17-20(18,19)14-9-16-13-8-11(15)6-7-12(13)14/h6-10,16-17H,3-5,15H2,1-2H3. The van der Waals surface area contributed by atoms with Crippen molar-refractivity contribution in [2.45, 2.75) is 44.0 Å². The number of anilines is 1. The number of hydrogen-bond acceptors (Lipinski definition) is 3. The van der Waals surface area contributed by atoms with E-state index in [1.165, 1.54) is 6.20 Å². The second-order valence-corrected chi connectivity index (χ2v) is 6.80. The van der Waals surface area contributed by atoms with Crippen molar-refractivity contribution in [2.75, 3.05) is 5.73 Å². The fourth-order valence-corrected chi connectivity index (χ4v) is 3.69. The highest BCUT2D eigenvalue weighted by Crippen LogP contribution is 2.24. The largest absolute Gasteiger partial charge is 0.399 e. The highest BCUT2D eigenvalue weighted by Gasteiger charge is 2.20. The molecule has 110 valence electrons. The Bertz CT molecular complexity index is 692. The van der Waals surface area contributed by atoms with Gasteiger partial charge in [0.1, 0.15) is 4.90 Å². The average Bonchev–Trinajstić information content (AvgIpc) is 2.79. The minimum atomic E-state index is -3.51. The van der Waals surface area contributed by atoms with E-state index in [0.717, 1.165) is 24.8 Å². The zero-order valence-corrected chi connectivity index (χ0v) is 12.6. The molecule has 0 aliphatic rings. The zero-order chi connectivity index (χ0) is 14.8. The molecule has 5 nitrogen and oxygen atoms in total. The predicted octanol–water partition coefficient (Wildman–Crippen LogP) is 2.61. The SMILES string of the molecule is CCCCC(C)NS(=O)(=O)c1c[nH]c2cc(N)ccc12. The molecule has 2 aromatic rings. The average molecular weight is 295 g/mol. The number of unbranched alkanes of at least 4 members (excludes halogenated alkanes) is 1. The molecule has 4 N–H and O–H groups in total. The van der Waals surface area contributed by atoms with Crippen molar-refractivity contribution in [3.8, 4) is 0 Å². The van der Waals surface area contributed by atoms with Crippen LogP contribution in [0.5, 0.6) is 0 Å². The van der Waals surface area contributed by atoms with Crippen LogP contribution in [0.1, 0.15) is 33.1 Å². The van der Waals surface area contributed by atoms with Gasteiger partial charge in [-0.1, -0.05) is 19.8 Å². The van der Waals surface area contributed by atoms with Gasteiger partial charge in [0, 0.05) is 28.8 Å². The number of nitrogens with two attached hydrogens (primary N) is 1. The predicted molar refractivity (Wildman–Crippen MR) is 82.0 cm³/mol. The summed E-state index contributed by atoms with van der Waals surface area (Å²) in [7, 11) is -3.51. The summed E-state index contributed by atoms with van der Waals surface area (Å²) in [6.07, 6.45) is 4.41. The fourth-order valence-electron chi connectivity index (χ4n) is 2.24. The van der Waals surface area contributed by atoms with Gasteiger partial charge in [0.25, 0.3) is 0 Å². The number of fused-ring (bicyclic) bond motifs is 1. The highest BCUT2D eigenvalue weighted by molar-refractivity contribution is 7.89. The lowest BCUT2D eigenvalue weighted by Gasteiger charge is -2.13. The number of hydrogen-bond donors (Lipinski definition) is 3. The first kappa shape index (κ1) is 14.9. The minimum Gasteiger partial charge on any atom is -0.399 e. The van der Waals surface area contributed by atoms with E-state index in [-0.39, 0.29) is 10.9 Å². The van der Waals surface area contributed by atoms with E-state index in [4.69, 9.17) is 5.73 Å². The molecular weight excluding hydrogens is 274 g/mol. The summed E-state index contributed by atoms with van der Waals surface area (Å²) in [5, 5.41) is 0.661. The van der Waals surface area contributed by atoms with Crippen molar-refractivity contribution in [1.82, 2.24) is 9.71 Å². The Morgan fingerprint density at radius 3 is 2.85 bits per heavy atom. The maximum Gasteiger partial charge on any atom is 0.242 e. The lowest BCUT2D eigenvalue weighted by atomic mass is 10.2. The molecule has 1 unspecified atom stereocenters. The van der Waals surface area contributed by atoms with Crippen LogP contribution in [0.3, 0.4) is 0 Å². The molecule has 6 heteroatoms. The van der Waals surface area contributed by atoms with E-state index >= 15 is 0 Å². The molecular formula is C14H21N3O2S. The number of nitrogens with one attached hydrogen (secondary N) is 2. The van der Waals surface area contributed by atoms with E-state index < -0.39 is 10.0 Å². The van der Waals surface area contributed by atoms with Gasteiger partial charge < -0.3 is 10.7 Å². The normalized spacial score (nSPS) is 13.7. The van der Waals surface area contributed by atoms with Crippen LogP contribution >= 0.6 is 0 Å². The van der Waals surface area contributed by atoms with E-state index in [0.29, 0.717) is 11.1 Å². The van der Waals surface area contributed by atoms with Gasteiger partial charge in [-0.2, -0.15) is 0 Å². The van der Waals surface area contributed by atoms with Gasteiger partial charge in [-0.05, 0) is 31.5 Å². The number of rotatable bonds is 6. The number of aromatic nitrogens is 1. The molecule has 1 heterocycles. The summed E-state index contributed by atoms with van der Waals surface area (Å²) in [5.41, 5.74) is 7.03. The Kier molecular flexibility index (Phi) is 4.35. The molecule has 0 amide bonds. The summed E-state index contributed by atoms with van der Waals surface area (Å²) >= 11 is 0. The minimum absolute atomic E-state index is 0.0707. The Morgan fingerprint density at radius 2 is 2.15 bits per heavy atom. The number of H-pyrrole nitrogens is 1. The molecule has 0 spiro atoms. The van der Waals surface area contributed by atoms with Gasteiger partial charge in [0.2, 0.25) is 10.0 Å². The second kappa shape index (κ2) is 5.85. The van der Waals surface area contributed by atoms with E-state index in [1.54, 1.807) is 18.2 Å². The lowest BCUT2D eigenvalue weighted by molar-refractivity contribution is 0.535. The van der Waals surface area contributed by atoms with Crippen LogP contribution in [0.2, 0.25) is 0 Å². The summed E-state index contributed by atoms with van der Waals surface area (Å²) in [4.78, 5) is 3.23. The molecule has 0 radical (unpaired) electrons. The third-order valence-electron chi connectivity index (χ3n) is 3.30. The molecule has 1 aromatic carbocycles. The quantitative estimate of drug-likeness (QED) is 0.716. The van der Waals surface area contributed by atoms with Crippen molar-refractivity contribution in [3.63, 3.8) is 0 Å². The Labute approximate surface area is 119 Å². The van der Waals surface area contributed by atoms with E-state index in [2.05, 4.69) is 16.6 Å². The topological polar surface area (TPSA) is 88.0 Å². The number of nitrogen functional groups attached to an aromatic ring is 1. The molecule has 0 fully saturated rings. The van der Waals surface area contributed by atoms with Crippen LogP contribution in [0.15, 0.2) is 29.3 Å². The number of aromatic amines is 1. The van der Waals surface area contributed by atoms with Gasteiger partial charge in [0.05, 0.1) is 0 Å². The van der Waals surface area contributed by atoms with Crippen LogP contribution in [-0.4, -0.2) is 19.4 Å². The van der Waals surface area contributed by atoms with Crippen LogP contribution in [0.25, 0.3) is 10.9 Å². The van der Waals surface area contributed by atoms with Crippen LogP contribution in [0, 0.1) is 0 Å². The highest BCUT2D eigenvalue weighted by atomic mass is 32.2. The first-order valence-electron chi connectivity index (χ1n) is 6.83. The third-order valence-corrected chi connectivity index (χ3v) is 4.93. The van der Waals surface area contributed by atoms with Gasteiger partial charge in [-0.3, -0.25) is 0 Å². The van der Waals surface area contributed by atoms with Crippen LogP contribution in [-0.2, 0) is 10.0 Å². The van der Waals surface area contributed by atoms with Gasteiger partial charge in [-0.25, -0.2) is 13.1 Å². The van der Waals surface area contributed by atoms with E-state index in [9.17, 15) is 8.42 Å². The Balaban J connectivity index is 2.28. The smallest absolute Gasteiger partial charge is 0.242 e. The summed E-state index contributed by atoms with van der Waals surface area (Å²) in [5.74, 6) is 0. The molecule has 0 saturated carbocycles. The van der Waals surface area contributed by atoms with Crippen LogP contribution < -0.4 is 10.5 Å². The molecule has 0 aliphatic carbocycles. The maximum absolute atomic E-state index is 12.4. The summed E-state index contributed by atoms with van der Waals surface area (Å²) in [6, 6.07) is 5.09. The number of sulfonamides is 1. The van der Waals surface area contributed by atoms with Crippen molar-refractivity contribution < 1.29 is 8.42 Å². The lowest BCUT2D eigenvalue weighted by Crippen LogP contribution is -2.32. The fraction of sp³-hybridized carbons (Fsp3) is 0.429. The molecule has 2 rings (SSSR count). The molecule has 1 atom stereocenters. The summed E-state index contributed by atoms with van der Waals surface area (Å²) < 4.78 is 27.5. The van der Waals surface area contributed by atoms with Crippen molar-refractivity contribution in [2.24, 2.45) is 0 Å². The van der Waals surface area contributed by atoms with Gasteiger partial charge >= 0.3 is 0 Å². The van der Waals surface area contributed by atoms with Crippen LogP contribution in [0.4, 0.5) is 5.69 Å². The summed E-state index contributed by atoms with van der Waals surface area (Å²) in [6.45, 7) is 3.98. The molecule has 1 aromatic heterocycles. The van der Waals surface area contributed by atoms with Crippen molar-refractivity contribution >= 4 is 26.6 Å². The van der Waals surface area contributed by atoms with Gasteiger partial charge in [-0.15, -0.1) is 0 Å². The van der Waals surface area contributed by atoms with E-state index in [1.807, 2.05) is 6.92 Å². The first-order chi connectivity index (χ1) is 9.44. The molecule has 0 saturated heterocycles. The molecule has 0 aliphatic heterocycles. The van der Waals surface area contributed by atoms with Crippen molar-refractivity contribution in [3.05, 3.63) is 24.4 Å². The second-order valence-electron chi connectivity index (χ2n) is 5.12. The Hall–Kier alpha value is -1.53. The Morgan fingerprint density at radius 1 is 1.40 bits per heavy atom.